The fourth-order valence-corrected chi connectivity index (χ4v) is 4.48. The molecular weight excluding hydrogens is 374 g/mol. The molecule has 0 saturated carbocycles. The number of pyridine rings is 1. The molecule has 0 aliphatic carbocycles. The van der Waals surface area contributed by atoms with Gasteiger partial charge in [0.05, 0.1) is 0 Å². The number of amides is 1. The molecule has 0 atom stereocenters. The number of rotatable bonds is 2. The van der Waals surface area contributed by atoms with Crippen molar-refractivity contribution in [1.29, 1.82) is 0 Å². The second-order valence-corrected chi connectivity index (χ2v) is 9.24. The number of aromatic nitrogens is 1. The molecule has 28 heavy (non-hydrogen) atoms. The molecule has 1 aromatic carbocycles. The van der Waals surface area contributed by atoms with Gasteiger partial charge in [0.15, 0.2) is 0 Å². The molecule has 5 nitrogen and oxygen atoms in total. The summed E-state index contributed by atoms with van der Waals surface area (Å²) in [5, 5.41) is 2.87. The van der Waals surface area contributed by atoms with Crippen LogP contribution < -0.4 is 4.90 Å². The second kappa shape index (κ2) is 7.43. The molecule has 4 rings (SSSR count). The van der Waals surface area contributed by atoms with Crippen LogP contribution in [0.4, 0.5) is 10.5 Å². The van der Waals surface area contributed by atoms with Crippen LogP contribution in [0.15, 0.2) is 24.4 Å². The molecule has 0 N–H and O–H groups in total. The van der Waals surface area contributed by atoms with Crippen molar-refractivity contribution < 1.29 is 9.53 Å². The van der Waals surface area contributed by atoms with Gasteiger partial charge < -0.3 is 14.5 Å². The molecule has 2 aromatic rings. The average Bonchev–Trinajstić information content (AvgIpc) is 2.65. The quantitative estimate of drug-likeness (QED) is 0.671. The predicted octanol–water partition coefficient (Wildman–Crippen LogP) is 4.90. The van der Waals surface area contributed by atoms with E-state index in [4.69, 9.17) is 16.3 Å². The Balaban J connectivity index is 1.43. The van der Waals surface area contributed by atoms with Crippen molar-refractivity contribution in [1.82, 2.24) is 9.88 Å². The standard InChI is InChI=1S/C22H28ClN3O2/c1-22(2,3)28-21(27)25-10-7-15(8-11-25)14-26-12-9-16-13-24-20(23)17-5-4-6-18(26)19(16)17/h4-6,13,15H,7-12,14H2,1-3H3. The Bertz CT molecular complexity index is 885. The van der Waals surface area contributed by atoms with Gasteiger partial charge in [-0.25, -0.2) is 9.78 Å². The SMILES string of the molecule is CC(C)(C)OC(=O)N1CCC(CN2CCc3cnc(Cl)c4cccc2c34)CC1. The summed E-state index contributed by atoms with van der Waals surface area (Å²) in [7, 11) is 0. The topological polar surface area (TPSA) is 45.7 Å². The summed E-state index contributed by atoms with van der Waals surface area (Å²) < 4.78 is 5.51. The molecule has 1 saturated heterocycles. The van der Waals surface area contributed by atoms with E-state index in [0.29, 0.717) is 11.1 Å². The average molecular weight is 402 g/mol. The number of ether oxygens (including phenoxy) is 1. The molecule has 1 amide bonds. The summed E-state index contributed by atoms with van der Waals surface area (Å²) >= 11 is 6.33. The summed E-state index contributed by atoms with van der Waals surface area (Å²) in [5.41, 5.74) is 2.10. The Morgan fingerprint density at radius 3 is 2.71 bits per heavy atom. The van der Waals surface area contributed by atoms with E-state index in [1.165, 1.54) is 16.6 Å². The Morgan fingerprint density at radius 1 is 1.25 bits per heavy atom. The number of hydrogen-bond donors (Lipinski definition) is 0. The van der Waals surface area contributed by atoms with Crippen LogP contribution in [0.1, 0.15) is 39.2 Å². The van der Waals surface area contributed by atoms with Crippen LogP contribution in [0.5, 0.6) is 0 Å². The van der Waals surface area contributed by atoms with E-state index in [1.54, 1.807) is 0 Å². The fourth-order valence-electron chi connectivity index (χ4n) is 4.27. The van der Waals surface area contributed by atoms with Crippen molar-refractivity contribution in [2.45, 2.75) is 45.6 Å². The van der Waals surface area contributed by atoms with Gasteiger partial charge in [-0.15, -0.1) is 0 Å². The lowest BCUT2D eigenvalue weighted by molar-refractivity contribution is 0.0186. The molecule has 1 fully saturated rings. The normalized spacial score (nSPS) is 17.9. The first-order chi connectivity index (χ1) is 13.3. The minimum absolute atomic E-state index is 0.190. The van der Waals surface area contributed by atoms with Gasteiger partial charge in [0.1, 0.15) is 10.8 Å². The number of anilines is 1. The summed E-state index contributed by atoms with van der Waals surface area (Å²) in [5.74, 6) is 0.577. The van der Waals surface area contributed by atoms with Crippen molar-refractivity contribution in [2.75, 3.05) is 31.1 Å². The second-order valence-electron chi connectivity index (χ2n) is 8.88. The van der Waals surface area contributed by atoms with E-state index in [-0.39, 0.29) is 6.09 Å². The predicted molar refractivity (Wildman–Crippen MR) is 113 cm³/mol. The molecule has 1 aromatic heterocycles. The molecule has 2 aliphatic heterocycles. The molecule has 0 unspecified atom stereocenters. The van der Waals surface area contributed by atoms with Crippen LogP contribution in [0.25, 0.3) is 10.8 Å². The number of hydrogen-bond acceptors (Lipinski definition) is 4. The highest BCUT2D eigenvalue weighted by Crippen LogP contribution is 2.37. The number of benzene rings is 1. The third kappa shape index (κ3) is 3.90. The van der Waals surface area contributed by atoms with Crippen LogP contribution in [-0.2, 0) is 11.2 Å². The maximum atomic E-state index is 12.3. The smallest absolute Gasteiger partial charge is 0.410 e. The molecule has 0 radical (unpaired) electrons. The zero-order chi connectivity index (χ0) is 19.9. The van der Waals surface area contributed by atoms with Crippen molar-refractivity contribution in [3.8, 4) is 0 Å². The maximum absolute atomic E-state index is 12.3. The maximum Gasteiger partial charge on any atom is 0.410 e. The summed E-state index contributed by atoms with van der Waals surface area (Å²) in [6, 6.07) is 6.32. The highest BCUT2D eigenvalue weighted by molar-refractivity contribution is 6.34. The highest BCUT2D eigenvalue weighted by atomic mass is 35.5. The van der Waals surface area contributed by atoms with E-state index in [0.717, 1.165) is 50.8 Å². The Kier molecular flexibility index (Phi) is 5.13. The first-order valence-electron chi connectivity index (χ1n) is 10.1. The summed E-state index contributed by atoms with van der Waals surface area (Å²) in [6.07, 6.45) is 4.75. The number of halogens is 1. The number of nitrogens with zero attached hydrogens (tertiary/aromatic N) is 3. The van der Waals surface area contributed by atoms with Gasteiger partial charge in [0.2, 0.25) is 0 Å². The monoisotopic (exact) mass is 401 g/mol. The highest BCUT2D eigenvalue weighted by Gasteiger charge is 2.29. The zero-order valence-electron chi connectivity index (χ0n) is 16.9. The van der Waals surface area contributed by atoms with E-state index in [9.17, 15) is 4.79 Å². The van der Waals surface area contributed by atoms with Gasteiger partial charge >= 0.3 is 6.09 Å². The van der Waals surface area contributed by atoms with Crippen LogP contribution >= 0.6 is 11.6 Å². The largest absolute Gasteiger partial charge is 0.444 e. The van der Waals surface area contributed by atoms with Crippen LogP contribution in [0.3, 0.4) is 0 Å². The minimum Gasteiger partial charge on any atom is -0.444 e. The van der Waals surface area contributed by atoms with Gasteiger partial charge in [0, 0.05) is 48.8 Å². The molecule has 0 bridgehead atoms. The zero-order valence-corrected chi connectivity index (χ0v) is 17.6. The van der Waals surface area contributed by atoms with E-state index >= 15 is 0 Å². The van der Waals surface area contributed by atoms with E-state index < -0.39 is 5.60 Å². The van der Waals surface area contributed by atoms with E-state index in [2.05, 4.69) is 28.1 Å². The molecular formula is C22H28ClN3O2. The lowest BCUT2D eigenvalue weighted by atomic mass is 9.93. The van der Waals surface area contributed by atoms with Gasteiger partial charge in [0.25, 0.3) is 0 Å². The van der Waals surface area contributed by atoms with Gasteiger partial charge in [-0.1, -0.05) is 23.7 Å². The first-order valence-corrected chi connectivity index (χ1v) is 10.5. The van der Waals surface area contributed by atoms with Gasteiger partial charge in [-0.05, 0) is 57.6 Å². The Morgan fingerprint density at radius 2 is 2.00 bits per heavy atom. The van der Waals surface area contributed by atoms with Gasteiger partial charge in [-0.2, -0.15) is 0 Å². The van der Waals surface area contributed by atoms with Crippen LogP contribution in [0, 0.1) is 5.92 Å². The first kappa shape index (κ1) is 19.3. The third-order valence-electron chi connectivity index (χ3n) is 5.66. The van der Waals surface area contributed by atoms with Crippen molar-refractivity contribution >= 4 is 34.2 Å². The van der Waals surface area contributed by atoms with Crippen LogP contribution in [-0.4, -0.2) is 47.8 Å². The number of carbonyl (C=O) groups excluding carboxylic acids is 1. The number of piperidine rings is 1. The minimum atomic E-state index is -0.441. The third-order valence-corrected chi connectivity index (χ3v) is 5.96. The number of carbonyl (C=O) groups is 1. The lowest BCUT2D eigenvalue weighted by Crippen LogP contribution is -2.44. The molecule has 3 heterocycles. The molecule has 150 valence electrons. The molecule has 0 spiro atoms. The summed E-state index contributed by atoms with van der Waals surface area (Å²) in [4.78, 5) is 21.0. The lowest BCUT2D eigenvalue weighted by Gasteiger charge is -2.38. The summed E-state index contributed by atoms with van der Waals surface area (Å²) in [6.45, 7) is 9.28. The van der Waals surface area contributed by atoms with E-state index in [1.807, 2.05) is 31.9 Å². The molecule has 6 heteroatoms. The van der Waals surface area contributed by atoms with Crippen molar-refractivity contribution in [3.05, 3.63) is 35.1 Å². The fraction of sp³-hybridized carbons (Fsp3) is 0.545. The Labute approximate surface area is 171 Å². The van der Waals surface area contributed by atoms with Crippen molar-refractivity contribution in [2.24, 2.45) is 5.92 Å². The Hall–Kier alpha value is -2.01. The van der Waals surface area contributed by atoms with Crippen molar-refractivity contribution in [3.63, 3.8) is 0 Å². The van der Waals surface area contributed by atoms with Gasteiger partial charge in [-0.3, -0.25) is 0 Å². The molecule has 2 aliphatic rings. The van der Waals surface area contributed by atoms with Crippen LogP contribution in [0.2, 0.25) is 5.15 Å². The number of likely N-dealkylation sites (tertiary alicyclic amines) is 1.